The smallest absolute Gasteiger partial charge is 0.325 e. The van der Waals surface area contributed by atoms with E-state index < -0.39 is 17.8 Å². The molecule has 0 aliphatic rings. The largest absolute Gasteiger partial charge is 0.460 e. The van der Waals surface area contributed by atoms with Crippen LogP contribution in [0.15, 0.2) is 77.4 Å². The number of hydrogen-bond acceptors (Lipinski definition) is 5. The molecule has 0 aliphatic heterocycles. The Kier molecular flexibility index (Phi) is 6.20. The van der Waals surface area contributed by atoms with Crippen LogP contribution in [0.25, 0.3) is 0 Å². The van der Waals surface area contributed by atoms with Crippen LogP contribution >= 0.6 is 0 Å². The van der Waals surface area contributed by atoms with E-state index in [4.69, 9.17) is 9.15 Å². The van der Waals surface area contributed by atoms with Crippen LogP contribution in [-0.4, -0.2) is 24.3 Å². The molecule has 7 heteroatoms. The van der Waals surface area contributed by atoms with Crippen LogP contribution in [0.5, 0.6) is 0 Å². The van der Waals surface area contributed by atoms with Gasteiger partial charge in [0.25, 0.3) is 11.8 Å². The molecule has 142 valence electrons. The van der Waals surface area contributed by atoms with Crippen LogP contribution in [-0.2, 0) is 16.1 Å². The van der Waals surface area contributed by atoms with Gasteiger partial charge in [-0.2, -0.15) is 0 Å². The first-order valence-electron chi connectivity index (χ1n) is 8.54. The molecule has 0 saturated carbocycles. The lowest BCUT2D eigenvalue weighted by Crippen LogP contribution is -2.30. The van der Waals surface area contributed by atoms with E-state index in [1.165, 1.54) is 18.4 Å². The maximum absolute atomic E-state index is 12.2. The molecule has 0 spiro atoms. The number of rotatable bonds is 7. The van der Waals surface area contributed by atoms with Crippen molar-refractivity contribution in [3.05, 3.63) is 89.9 Å². The number of anilines is 1. The van der Waals surface area contributed by atoms with Crippen LogP contribution in [0.3, 0.4) is 0 Å². The monoisotopic (exact) mass is 378 g/mol. The highest BCUT2D eigenvalue weighted by Gasteiger charge is 2.12. The Morgan fingerprint density at radius 2 is 1.71 bits per heavy atom. The van der Waals surface area contributed by atoms with Crippen molar-refractivity contribution in [3.63, 3.8) is 0 Å². The molecule has 3 rings (SSSR count). The zero-order chi connectivity index (χ0) is 19.8. The van der Waals surface area contributed by atoms with Crippen LogP contribution < -0.4 is 10.6 Å². The quantitative estimate of drug-likeness (QED) is 0.616. The fourth-order valence-electron chi connectivity index (χ4n) is 2.38. The third kappa shape index (κ3) is 5.31. The van der Waals surface area contributed by atoms with Crippen LogP contribution in [0.2, 0.25) is 0 Å². The van der Waals surface area contributed by atoms with Gasteiger partial charge in [-0.25, -0.2) is 0 Å². The molecule has 2 amide bonds. The van der Waals surface area contributed by atoms with E-state index in [0.29, 0.717) is 11.3 Å². The molecule has 0 fully saturated rings. The van der Waals surface area contributed by atoms with Crippen molar-refractivity contribution < 1.29 is 23.5 Å². The van der Waals surface area contributed by atoms with Crippen molar-refractivity contribution in [2.24, 2.45) is 0 Å². The van der Waals surface area contributed by atoms with E-state index in [2.05, 4.69) is 10.6 Å². The fraction of sp³-hybridized carbons (Fsp3) is 0.0952. The minimum Gasteiger partial charge on any atom is -0.460 e. The zero-order valence-corrected chi connectivity index (χ0v) is 14.9. The van der Waals surface area contributed by atoms with Gasteiger partial charge in [0, 0.05) is 11.3 Å². The number of carbonyl (C=O) groups is 3. The Morgan fingerprint density at radius 3 is 2.46 bits per heavy atom. The third-order valence-corrected chi connectivity index (χ3v) is 3.76. The van der Waals surface area contributed by atoms with Gasteiger partial charge in [-0.3, -0.25) is 14.4 Å². The molecule has 3 aromatic rings. The van der Waals surface area contributed by atoms with Crippen LogP contribution in [0.1, 0.15) is 26.5 Å². The summed E-state index contributed by atoms with van der Waals surface area (Å²) in [6.45, 7) is -0.113. The van der Waals surface area contributed by atoms with Gasteiger partial charge in [0.2, 0.25) is 0 Å². The summed E-state index contributed by atoms with van der Waals surface area (Å²) in [4.78, 5) is 36.0. The standard InChI is InChI=1S/C21H18N2O5/c24-19(28-14-15-6-2-1-3-7-15)13-22-20(25)16-8-4-9-17(12-16)23-21(26)18-10-5-11-27-18/h1-12H,13-14H2,(H,22,25)(H,23,26). The second-order valence-electron chi connectivity index (χ2n) is 5.84. The number of nitrogens with one attached hydrogen (secondary N) is 2. The molecule has 2 N–H and O–H groups in total. The van der Waals surface area contributed by atoms with Crippen LogP contribution in [0, 0.1) is 0 Å². The maximum atomic E-state index is 12.2. The van der Waals surface area contributed by atoms with Gasteiger partial charge >= 0.3 is 5.97 Å². The van der Waals surface area contributed by atoms with Gasteiger partial charge in [-0.15, -0.1) is 0 Å². The molecule has 1 aromatic heterocycles. The van der Waals surface area contributed by atoms with Crippen molar-refractivity contribution in [2.75, 3.05) is 11.9 Å². The molecule has 0 atom stereocenters. The van der Waals surface area contributed by atoms with Gasteiger partial charge in [0.1, 0.15) is 13.2 Å². The Bertz CT molecular complexity index is 952. The number of carbonyl (C=O) groups excluding carboxylic acids is 3. The number of benzene rings is 2. The van der Waals surface area contributed by atoms with E-state index in [0.717, 1.165) is 5.56 Å². The molecule has 0 aliphatic carbocycles. The van der Waals surface area contributed by atoms with E-state index in [-0.39, 0.29) is 18.9 Å². The summed E-state index contributed by atoms with van der Waals surface area (Å²) in [6, 6.07) is 18.7. The summed E-state index contributed by atoms with van der Waals surface area (Å²) in [6.07, 6.45) is 1.40. The van der Waals surface area contributed by atoms with E-state index in [1.54, 1.807) is 24.3 Å². The summed E-state index contributed by atoms with van der Waals surface area (Å²) in [5.41, 5.74) is 1.59. The molecular formula is C21H18N2O5. The zero-order valence-electron chi connectivity index (χ0n) is 14.9. The summed E-state index contributed by atoms with van der Waals surface area (Å²) in [7, 11) is 0. The second kappa shape index (κ2) is 9.18. The minimum atomic E-state index is -0.542. The number of furan rings is 1. The Balaban J connectivity index is 1.50. The van der Waals surface area contributed by atoms with Crippen molar-refractivity contribution in [3.8, 4) is 0 Å². The lowest BCUT2D eigenvalue weighted by atomic mass is 10.2. The van der Waals surface area contributed by atoms with Gasteiger partial charge in [-0.05, 0) is 35.9 Å². The first-order valence-corrected chi connectivity index (χ1v) is 8.54. The lowest BCUT2D eigenvalue weighted by molar-refractivity contribution is -0.143. The van der Waals surface area contributed by atoms with Crippen molar-refractivity contribution in [1.29, 1.82) is 0 Å². The Labute approximate surface area is 161 Å². The molecule has 28 heavy (non-hydrogen) atoms. The van der Waals surface area contributed by atoms with Gasteiger partial charge in [-0.1, -0.05) is 36.4 Å². The van der Waals surface area contributed by atoms with Gasteiger partial charge < -0.3 is 19.8 Å². The van der Waals surface area contributed by atoms with E-state index >= 15 is 0 Å². The normalized spacial score (nSPS) is 10.1. The SMILES string of the molecule is O=C(CNC(=O)c1cccc(NC(=O)c2ccco2)c1)OCc1ccccc1. The van der Waals surface area contributed by atoms with Gasteiger partial charge in [0.05, 0.1) is 6.26 Å². The van der Waals surface area contributed by atoms with Gasteiger partial charge in [0.15, 0.2) is 5.76 Å². The van der Waals surface area contributed by atoms with E-state index in [1.807, 2.05) is 30.3 Å². The highest BCUT2D eigenvalue weighted by Crippen LogP contribution is 2.13. The molecule has 0 radical (unpaired) electrons. The predicted octanol–water partition coefficient (Wildman–Crippen LogP) is 3.01. The lowest BCUT2D eigenvalue weighted by Gasteiger charge is -2.08. The number of ether oxygens (including phenoxy) is 1. The number of hydrogen-bond donors (Lipinski definition) is 2. The molecule has 7 nitrogen and oxygen atoms in total. The fourth-order valence-corrected chi connectivity index (χ4v) is 2.38. The average molecular weight is 378 g/mol. The summed E-state index contributed by atoms with van der Waals surface area (Å²) in [5.74, 6) is -1.26. The second-order valence-corrected chi connectivity index (χ2v) is 5.84. The van der Waals surface area contributed by atoms with Crippen LogP contribution in [0.4, 0.5) is 5.69 Å². The van der Waals surface area contributed by atoms with Crippen molar-refractivity contribution >= 4 is 23.5 Å². The molecule has 0 saturated heterocycles. The molecule has 0 bridgehead atoms. The van der Waals surface area contributed by atoms with E-state index in [9.17, 15) is 14.4 Å². The first kappa shape index (κ1) is 18.9. The summed E-state index contributed by atoms with van der Waals surface area (Å²) in [5, 5.41) is 5.14. The number of esters is 1. The first-order chi connectivity index (χ1) is 13.6. The van der Waals surface area contributed by atoms with Crippen molar-refractivity contribution in [2.45, 2.75) is 6.61 Å². The molecule has 0 unspecified atom stereocenters. The topological polar surface area (TPSA) is 97.6 Å². The Hall–Kier alpha value is -3.87. The minimum absolute atomic E-state index is 0.143. The predicted molar refractivity (Wildman–Crippen MR) is 102 cm³/mol. The average Bonchev–Trinajstić information content (AvgIpc) is 3.26. The third-order valence-electron chi connectivity index (χ3n) is 3.76. The summed E-state index contributed by atoms with van der Waals surface area (Å²) < 4.78 is 10.1. The Morgan fingerprint density at radius 1 is 0.893 bits per heavy atom. The molecule has 2 aromatic carbocycles. The number of amides is 2. The maximum Gasteiger partial charge on any atom is 0.325 e. The highest BCUT2D eigenvalue weighted by atomic mass is 16.5. The highest BCUT2D eigenvalue weighted by molar-refractivity contribution is 6.03. The summed E-state index contributed by atoms with van der Waals surface area (Å²) >= 11 is 0. The van der Waals surface area contributed by atoms with Crippen molar-refractivity contribution in [1.82, 2.24) is 5.32 Å². The molecule has 1 heterocycles. The molecular weight excluding hydrogens is 360 g/mol.